The number of nitrogens with two attached hydrogens (primary N) is 1. The van der Waals surface area contributed by atoms with Crippen LogP contribution in [-0.2, 0) is 10.0 Å². The van der Waals surface area contributed by atoms with Crippen LogP contribution in [0.15, 0.2) is 29.2 Å². The molecule has 3 N–H and O–H groups in total. The third-order valence-corrected chi connectivity index (χ3v) is 5.15. The van der Waals surface area contributed by atoms with Gasteiger partial charge in [0.15, 0.2) is 0 Å². The van der Waals surface area contributed by atoms with Crippen LogP contribution in [0, 0.1) is 0 Å². The van der Waals surface area contributed by atoms with Gasteiger partial charge in [0.2, 0.25) is 10.0 Å². The number of nitrogens with one attached hydrogen (secondary N) is 1. The largest absolute Gasteiger partial charge is 0.352 e. The summed E-state index contributed by atoms with van der Waals surface area (Å²) in [6, 6.07) is 6.09. The number of hydrogen-bond donors (Lipinski definition) is 2. The van der Waals surface area contributed by atoms with Crippen molar-refractivity contribution in [1.29, 1.82) is 0 Å². The molecule has 0 aliphatic rings. The number of carbonyl (C=O) groups is 1. The molecule has 0 atom stereocenters. The van der Waals surface area contributed by atoms with Crippen LogP contribution in [0.2, 0.25) is 0 Å². The smallest absolute Gasteiger partial charge is 0.251 e. The van der Waals surface area contributed by atoms with Crippen molar-refractivity contribution in [1.82, 2.24) is 9.62 Å². The van der Waals surface area contributed by atoms with E-state index in [0.29, 0.717) is 38.2 Å². The average molecular weight is 350 g/mol. The van der Waals surface area contributed by atoms with Gasteiger partial charge in [0.1, 0.15) is 0 Å². The predicted octanol–water partition coefficient (Wildman–Crippen LogP) is 1.22. The van der Waals surface area contributed by atoms with E-state index in [1.165, 1.54) is 16.4 Å². The molecule has 0 saturated heterocycles. The monoisotopic (exact) mass is 349 g/mol. The first-order valence-corrected chi connectivity index (χ1v) is 8.49. The highest BCUT2D eigenvalue weighted by atomic mass is 35.5. The van der Waals surface area contributed by atoms with Crippen molar-refractivity contribution in [3.63, 3.8) is 0 Å². The van der Waals surface area contributed by atoms with Crippen LogP contribution in [0.25, 0.3) is 0 Å². The van der Waals surface area contributed by atoms with Gasteiger partial charge in [-0.05, 0) is 31.2 Å². The van der Waals surface area contributed by atoms with Gasteiger partial charge in [0.25, 0.3) is 5.91 Å². The molecule has 22 heavy (non-hydrogen) atoms. The Morgan fingerprint density at radius 2 is 1.91 bits per heavy atom. The molecule has 0 aliphatic heterocycles. The lowest BCUT2D eigenvalue weighted by Gasteiger charge is -2.18. The van der Waals surface area contributed by atoms with E-state index in [2.05, 4.69) is 5.32 Å². The molecule has 0 aromatic heterocycles. The van der Waals surface area contributed by atoms with Gasteiger partial charge < -0.3 is 11.1 Å². The Morgan fingerprint density at radius 3 is 2.45 bits per heavy atom. The van der Waals surface area contributed by atoms with E-state index in [4.69, 9.17) is 5.73 Å². The third-order valence-electron chi connectivity index (χ3n) is 3.11. The summed E-state index contributed by atoms with van der Waals surface area (Å²) in [5.41, 5.74) is 5.70. The molecule has 0 bridgehead atoms. The van der Waals surface area contributed by atoms with Gasteiger partial charge in [-0.15, -0.1) is 12.4 Å². The van der Waals surface area contributed by atoms with Crippen LogP contribution in [0.4, 0.5) is 0 Å². The van der Waals surface area contributed by atoms with Crippen molar-refractivity contribution in [3.8, 4) is 0 Å². The van der Waals surface area contributed by atoms with Crippen LogP contribution >= 0.6 is 12.4 Å². The molecule has 1 amide bonds. The van der Waals surface area contributed by atoms with Gasteiger partial charge in [0.05, 0.1) is 4.90 Å². The highest BCUT2D eigenvalue weighted by Crippen LogP contribution is 2.16. The van der Waals surface area contributed by atoms with Crippen molar-refractivity contribution in [2.24, 2.45) is 5.73 Å². The molecule has 1 aromatic rings. The summed E-state index contributed by atoms with van der Waals surface area (Å²) in [5, 5.41) is 2.71. The van der Waals surface area contributed by atoms with Crippen molar-refractivity contribution < 1.29 is 13.2 Å². The number of hydrogen-bond acceptors (Lipinski definition) is 4. The van der Waals surface area contributed by atoms with Crippen molar-refractivity contribution in [2.45, 2.75) is 25.2 Å². The van der Waals surface area contributed by atoms with E-state index < -0.39 is 10.0 Å². The number of halogens is 1. The molecular weight excluding hydrogens is 326 g/mol. The maximum absolute atomic E-state index is 12.4. The summed E-state index contributed by atoms with van der Waals surface area (Å²) in [7, 11) is -3.55. The first-order chi connectivity index (χ1) is 9.97. The van der Waals surface area contributed by atoms with Gasteiger partial charge in [-0.1, -0.05) is 19.9 Å². The SMILES string of the molecule is CCN(CC)S(=O)(=O)c1cccc(C(=O)NCCCN)c1.Cl. The zero-order valence-electron chi connectivity index (χ0n) is 12.9. The Kier molecular flexibility index (Phi) is 9.27. The summed E-state index contributed by atoms with van der Waals surface area (Å²) in [5.74, 6) is -0.292. The second-order valence-corrected chi connectivity index (χ2v) is 6.45. The fraction of sp³-hybridized carbons (Fsp3) is 0.500. The first-order valence-electron chi connectivity index (χ1n) is 7.05. The molecule has 0 unspecified atom stereocenters. The molecule has 0 radical (unpaired) electrons. The molecule has 0 fully saturated rings. The summed E-state index contributed by atoms with van der Waals surface area (Å²) in [6.45, 7) is 5.32. The minimum absolute atomic E-state index is 0. The maximum atomic E-state index is 12.4. The second kappa shape index (κ2) is 9.78. The van der Waals surface area contributed by atoms with Crippen LogP contribution in [0.5, 0.6) is 0 Å². The van der Waals surface area contributed by atoms with Gasteiger partial charge in [-0.2, -0.15) is 4.31 Å². The van der Waals surface area contributed by atoms with E-state index in [1.807, 2.05) is 0 Å². The van der Waals surface area contributed by atoms with E-state index in [1.54, 1.807) is 26.0 Å². The number of rotatable bonds is 8. The Hall–Kier alpha value is -1.15. The zero-order chi connectivity index (χ0) is 15.9. The van der Waals surface area contributed by atoms with Gasteiger partial charge >= 0.3 is 0 Å². The quantitative estimate of drug-likeness (QED) is 0.690. The first kappa shape index (κ1) is 20.9. The lowest BCUT2D eigenvalue weighted by Crippen LogP contribution is -2.31. The fourth-order valence-corrected chi connectivity index (χ4v) is 3.42. The van der Waals surface area contributed by atoms with E-state index in [9.17, 15) is 13.2 Å². The summed E-state index contributed by atoms with van der Waals surface area (Å²) in [6.07, 6.45) is 0.684. The highest BCUT2D eigenvalue weighted by molar-refractivity contribution is 7.89. The lowest BCUT2D eigenvalue weighted by molar-refractivity contribution is 0.0953. The average Bonchev–Trinajstić information content (AvgIpc) is 2.48. The van der Waals surface area contributed by atoms with Gasteiger partial charge in [-0.25, -0.2) is 8.42 Å². The summed E-state index contributed by atoms with van der Waals surface area (Å²) >= 11 is 0. The fourth-order valence-electron chi connectivity index (χ4n) is 1.92. The van der Waals surface area contributed by atoms with Gasteiger partial charge in [0, 0.05) is 25.2 Å². The molecule has 0 saturated carbocycles. The van der Waals surface area contributed by atoms with Gasteiger partial charge in [-0.3, -0.25) is 4.79 Å². The molecular formula is C14H24ClN3O3S. The zero-order valence-corrected chi connectivity index (χ0v) is 14.5. The number of amides is 1. The third kappa shape index (κ3) is 5.24. The van der Waals surface area contributed by atoms with E-state index >= 15 is 0 Å². The number of carbonyl (C=O) groups excluding carboxylic acids is 1. The molecule has 126 valence electrons. The molecule has 6 nitrogen and oxygen atoms in total. The van der Waals surface area contributed by atoms with Crippen molar-refractivity contribution in [3.05, 3.63) is 29.8 Å². The molecule has 8 heteroatoms. The van der Waals surface area contributed by atoms with Crippen molar-refractivity contribution in [2.75, 3.05) is 26.2 Å². The van der Waals surface area contributed by atoms with Crippen LogP contribution in [0.3, 0.4) is 0 Å². The van der Waals surface area contributed by atoms with Crippen LogP contribution in [-0.4, -0.2) is 44.8 Å². The molecule has 0 heterocycles. The molecule has 0 aliphatic carbocycles. The Bertz CT molecular complexity index is 574. The highest BCUT2D eigenvalue weighted by Gasteiger charge is 2.22. The molecule has 0 spiro atoms. The topological polar surface area (TPSA) is 92.5 Å². The molecule has 1 aromatic carbocycles. The lowest BCUT2D eigenvalue weighted by atomic mass is 10.2. The van der Waals surface area contributed by atoms with E-state index in [-0.39, 0.29) is 23.2 Å². The minimum Gasteiger partial charge on any atom is -0.352 e. The standard InChI is InChI=1S/C14H23N3O3S.ClH/c1-3-17(4-2)21(19,20)13-8-5-7-12(11-13)14(18)16-10-6-9-15;/h5,7-8,11H,3-4,6,9-10,15H2,1-2H3,(H,16,18);1H. The number of nitrogens with zero attached hydrogens (tertiary/aromatic N) is 1. The molecule has 1 rings (SSSR count). The normalized spacial score (nSPS) is 11.1. The minimum atomic E-state index is -3.55. The Morgan fingerprint density at radius 1 is 1.27 bits per heavy atom. The van der Waals surface area contributed by atoms with Crippen LogP contribution < -0.4 is 11.1 Å². The number of benzene rings is 1. The number of sulfonamides is 1. The Balaban J connectivity index is 0.00000441. The second-order valence-electron chi connectivity index (χ2n) is 4.52. The van der Waals surface area contributed by atoms with Crippen LogP contribution in [0.1, 0.15) is 30.6 Å². The summed E-state index contributed by atoms with van der Waals surface area (Å²) in [4.78, 5) is 12.1. The Labute approximate surface area is 138 Å². The summed E-state index contributed by atoms with van der Waals surface area (Å²) < 4.78 is 26.2. The van der Waals surface area contributed by atoms with Crippen molar-refractivity contribution >= 4 is 28.3 Å². The van der Waals surface area contributed by atoms with E-state index in [0.717, 1.165) is 0 Å². The predicted molar refractivity (Wildman–Crippen MR) is 89.8 cm³/mol. The maximum Gasteiger partial charge on any atom is 0.251 e.